The zero-order valence-corrected chi connectivity index (χ0v) is 17.0. The largest absolute Gasteiger partial charge is 0.506 e. The van der Waals surface area contributed by atoms with Gasteiger partial charge in [0.05, 0.1) is 5.69 Å². The molecule has 0 saturated carbocycles. The number of nitrogens with one attached hydrogen (secondary N) is 2. The maximum Gasteiger partial charge on any atom is 0.345 e. The van der Waals surface area contributed by atoms with Crippen LogP contribution >= 0.6 is 12.4 Å². The molecule has 1 unspecified atom stereocenters. The van der Waals surface area contributed by atoms with Gasteiger partial charge in [-0.05, 0) is 45.0 Å². The Morgan fingerprint density at radius 3 is 2.46 bits per heavy atom. The lowest BCUT2D eigenvalue weighted by molar-refractivity contribution is 0.0691. The number of aromatic hydroxyl groups is 1. The standard InChI is InChI=1S/C20H23N3O4.ClH/c1-5-13-17(22-19(25)16(18(13)24)20(26)27)12-7-6-11-8-14(10(2)23(3)4)21-15(11)9-12;/h6-10,21H,5H2,1-4H3,(H,26,27)(H2,22,24,25);1H. The molecule has 0 radical (unpaired) electrons. The molecule has 2 heterocycles. The fraction of sp³-hybridized carbons (Fsp3) is 0.300. The van der Waals surface area contributed by atoms with E-state index in [0.717, 1.165) is 16.6 Å². The number of nitrogens with zero attached hydrogens (tertiary/aromatic N) is 1. The molecule has 8 heteroatoms. The van der Waals surface area contributed by atoms with Gasteiger partial charge in [-0.1, -0.05) is 19.1 Å². The summed E-state index contributed by atoms with van der Waals surface area (Å²) in [5.74, 6) is -1.92. The maximum atomic E-state index is 12.2. The molecular weight excluding hydrogens is 382 g/mol. The van der Waals surface area contributed by atoms with Crippen LogP contribution in [0.25, 0.3) is 22.2 Å². The molecule has 0 saturated heterocycles. The van der Waals surface area contributed by atoms with Crippen molar-refractivity contribution < 1.29 is 15.0 Å². The molecule has 3 rings (SSSR count). The number of aromatic carboxylic acids is 1. The first-order valence-electron chi connectivity index (χ1n) is 8.75. The zero-order valence-electron chi connectivity index (χ0n) is 16.2. The maximum absolute atomic E-state index is 12.2. The third kappa shape index (κ3) is 3.63. The van der Waals surface area contributed by atoms with Crippen LogP contribution in [0.1, 0.15) is 41.5 Å². The van der Waals surface area contributed by atoms with Crippen LogP contribution in [0.5, 0.6) is 5.75 Å². The van der Waals surface area contributed by atoms with E-state index in [1.54, 1.807) is 6.92 Å². The number of carboxylic acids is 1. The molecule has 2 aromatic heterocycles. The van der Waals surface area contributed by atoms with Crippen molar-refractivity contribution in [1.29, 1.82) is 0 Å². The van der Waals surface area contributed by atoms with Gasteiger partial charge in [0.2, 0.25) is 0 Å². The minimum absolute atomic E-state index is 0. The van der Waals surface area contributed by atoms with E-state index in [1.165, 1.54) is 0 Å². The Kier molecular flexibility index (Phi) is 6.21. The van der Waals surface area contributed by atoms with E-state index < -0.39 is 22.8 Å². The smallest absolute Gasteiger partial charge is 0.345 e. The molecule has 0 aliphatic rings. The van der Waals surface area contributed by atoms with E-state index in [4.69, 9.17) is 0 Å². The molecule has 28 heavy (non-hydrogen) atoms. The van der Waals surface area contributed by atoms with Gasteiger partial charge in [-0.2, -0.15) is 0 Å². The second-order valence-corrected chi connectivity index (χ2v) is 6.86. The molecular formula is C20H24ClN3O4. The highest BCUT2D eigenvalue weighted by molar-refractivity contribution is 5.92. The average Bonchev–Trinajstić information content (AvgIpc) is 3.03. The van der Waals surface area contributed by atoms with Gasteiger partial charge >= 0.3 is 5.97 Å². The van der Waals surface area contributed by atoms with E-state index in [-0.39, 0.29) is 18.4 Å². The quantitative estimate of drug-likeness (QED) is 0.519. The normalized spacial score (nSPS) is 12.2. The lowest BCUT2D eigenvalue weighted by Gasteiger charge is -2.17. The van der Waals surface area contributed by atoms with Crippen LogP contribution in [0.15, 0.2) is 29.1 Å². The number of benzene rings is 1. The molecule has 0 aliphatic heterocycles. The van der Waals surface area contributed by atoms with Crippen LogP contribution in [0.2, 0.25) is 0 Å². The fourth-order valence-electron chi connectivity index (χ4n) is 3.23. The number of aromatic nitrogens is 2. The van der Waals surface area contributed by atoms with Crippen molar-refractivity contribution in [2.45, 2.75) is 26.3 Å². The predicted octanol–water partition coefficient (Wildman–Crippen LogP) is 3.53. The van der Waals surface area contributed by atoms with Gasteiger partial charge in [-0.25, -0.2) is 4.79 Å². The summed E-state index contributed by atoms with van der Waals surface area (Å²) in [7, 11) is 4.01. The molecule has 4 N–H and O–H groups in total. The molecule has 1 aromatic carbocycles. The molecule has 1 atom stereocenters. The lowest BCUT2D eigenvalue weighted by atomic mass is 10.00. The Bertz CT molecular complexity index is 1080. The van der Waals surface area contributed by atoms with Crippen molar-refractivity contribution in [3.8, 4) is 17.0 Å². The molecule has 0 spiro atoms. The van der Waals surface area contributed by atoms with Crippen LogP contribution in [0, 0.1) is 0 Å². The summed E-state index contributed by atoms with van der Waals surface area (Å²) in [6.07, 6.45) is 0.379. The molecule has 0 bridgehead atoms. The molecule has 0 aliphatic carbocycles. The number of halogens is 1. The second-order valence-electron chi connectivity index (χ2n) is 6.86. The highest BCUT2D eigenvalue weighted by Gasteiger charge is 2.22. The molecule has 0 fully saturated rings. The summed E-state index contributed by atoms with van der Waals surface area (Å²) in [5.41, 5.74) is 2.07. The molecule has 0 amide bonds. The van der Waals surface area contributed by atoms with Gasteiger partial charge in [-0.3, -0.25) is 4.79 Å². The number of H-pyrrole nitrogens is 2. The number of carbonyl (C=O) groups is 1. The van der Waals surface area contributed by atoms with Crippen molar-refractivity contribution in [2.75, 3.05) is 14.1 Å². The van der Waals surface area contributed by atoms with Crippen molar-refractivity contribution in [3.63, 3.8) is 0 Å². The van der Waals surface area contributed by atoms with Gasteiger partial charge in [0.15, 0.2) is 5.56 Å². The third-order valence-corrected chi connectivity index (χ3v) is 5.01. The number of carboxylic acid groups (broad SMARTS) is 1. The summed E-state index contributed by atoms with van der Waals surface area (Å²) in [6.45, 7) is 3.90. The first kappa shape index (κ1) is 21.5. The van der Waals surface area contributed by atoms with Gasteiger partial charge in [0.1, 0.15) is 5.75 Å². The van der Waals surface area contributed by atoms with Gasteiger partial charge in [0, 0.05) is 28.4 Å². The molecule has 3 aromatic rings. The van der Waals surface area contributed by atoms with Crippen molar-refractivity contribution in [3.05, 3.63) is 51.4 Å². The Morgan fingerprint density at radius 1 is 1.21 bits per heavy atom. The third-order valence-electron chi connectivity index (χ3n) is 5.01. The first-order valence-corrected chi connectivity index (χ1v) is 8.75. The summed E-state index contributed by atoms with van der Waals surface area (Å²) in [4.78, 5) is 31.6. The number of pyridine rings is 1. The van der Waals surface area contributed by atoms with Crippen molar-refractivity contribution >= 4 is 29.3 Å². The monoisotopic (exact) mass is 405 g/mol. The first-order chi connectivity index (χ1) is 12.7. The Labute approximate surface area is 168 Å². The SMILES string of the molecule is CCc1c(-c2ccc3cc(C(C)N(C)C)[nH]c3c2)[nH]c(=O)c(C(=O)O)c1O.Cl. The van der Waals surface area contributed by atoms with E-state index >= 15 is 0 Å². The molecule has 150 valence electrons. The van der Waals surface area contributed by atoms with E-state index in [2.05, 4.69) is 27.9 Å². The number of rotatable bonds is 5. The average molecular weight is 406 g/mol. The topological polar surface area (TPSA) is 109 Å². The van der Waals surface area contributed by atoms with E-state index in [9.17, 15) is 19.8 Å². The Hall–Kier alpha value is -2.77. The van der Waals surface area contributed by atoms with Crippen molar-refractivity contribution in [2.24, 2.45) is 0 Å². The number of hydrogen-bond acceptors (Lipinski definition) is 4. The second kappa shape index (κ2) is 8.08. The highest BCUT2D eigenvalue weighted by atomic mass is 35.5. The van der Waals surface area contributed by atoms with Crippen LogP contribution < -0.4 is 5.56 Å². The Balaban J connectivity index is 0.00000280. The predicted molar refractivity (Wildman–Crippen MR) is 112 cm³/mol. The number of hydrogen-bond donors (Lipinski definition) is 4. The van der Waals surface area contributed by atoms with Crippen LogP contribution in [0.4, 0.5) is 0 Å². The van der Waals surface area contributed by atoms with Crippen LogP contribution in [-0.4, -0.2) is 45.1 Å². The minimum atomic E-state index is -1.45. The van der Waals surface area contributed by atoms with Crippen molar-refractivity contribution in [1.82, 2.24) is 14.9 Å². The summed E-state index contributed by atoms with van der Waals surface area (Å²) >= 11 is 0. The van der Waals surface area contributed by atoms with E-state index in [1.807, 2.05) is 32.3 Å². The summed E-state index contributed by atoms with van der Waals surface area (Å²) < 4.78 is 0. The van der Waals surface area contributed by atoms with Crippen LogP contribution in [-0.2, 0) is 6.42 Å². The lowest BCUT2D eigenvalue weighted by Crippen LogP contribution is -2.20. The number of fused-ring (bicyclic) bond motifs is 1. The number of aromatic amines is 2. The zero-order chi connectivity index (χ0) is 19.9. The Morgan fingerprint density at radius 2 is 1.89 bits per heavy atom. The van der Waals surface area contributed by atoms with Gasteiger partial charge < -0.3 is 25.1 Å². The van der Waals surface area contributed by atoms with Gasteiger partial charge in [0.25, 0.3) is 5.56 Å². The molecule has 7 nitrogen and oxygen atoms in total. The minimum Gasteiger partial charge on any atom is -0.506 e. The summed E-state index contributed by atoms with van der Waals surface area (Å²) in [6, 6.07) is 7.98. The van der Waals surface area contributed by atoms with Crippen LogP contribution in [0.3, 0.4) is 0 Å². The van der Waals surface area contributed by atoms with Gasteiger partial charge in [-0.15, -0.1) is 12.4 Å². The summed E-state index contributed by atoms with van der Waals surface area (Å²) in [5, 5.41) is 20.5. The highest BCUT2D eigenvalue weighted by Crippen LogP contribution is 2.32. The van der Waals surface area contributed by atoms with E-state index in [0.29, 0.717) is 23.2 Å². The fourth-order valence-corrected chi connectivity index (χ4v) is 3.23.